The Morgan fingerprint density at radius 3 is 2.63 bits per heavy atom. The van der Waals surface area contributed by atoms with Crippen LogP contribution in [-0.4, -0.2) is 27.6 Å². The number of thiocarbonyl (C=S) groups is 1. The first kappa shape index (κ1) is 19.1. The first-order valence-corrected chi connectivity index (χ1v) is 9.39. The molecule has 0 saturated carbocycles. The molecule has 2 aromatic rings. The van der Waals surface area contributed by atoms with E-state index in [9.17, 15) is 14.7 Å². The molecule has 0 spiro atoms. The predicted molar refractivity (Wildman–Crippen MR) is 107 cm³/mol. The van der Waals surface area contributed by atoms with Crippen molar-refractivity contribution in [3.05, 3.63) is 70.1 Å². The number of hydrogen-bond donors (Lipinski definition) is 0. The number of benzene rings is 2. The van der Waals surface area contributed by atoms with E-state index in [0.29, 0.717) is 17.3 Å². The lowest BCUT2D eigenvalue weighted by Gasteiger charge is -2.14. The number of amides is 1. The van der Waals surface area contributed by atoms with Gasteiger partial charge in [-0.3, -0.25) is 9.69 Å². The van der Waals surface area contributed by atoms with Crippen molar-refractivity contribution >= 4 is 46.3 Å². The van der Waals surface area contributed by atoms with Gasteiger partial charge in [-0.1, -0.05) is 72.0 Å². The van der Waals surface area contributed by atoms with Crippen molar-refractivity contribution in [1.82, 2.24) is 4.90 Å². The highest BCUT2D eigenvalue weighted by Gasteiger charge is 2.32. The Kier molecular flexibility index (Phi) is 5.93. The minimum atomic E-state index is -1.35. The van der Waals surface area contributed by atoms with E-state index in [1.54, 1.807) is 6.08 Å². The van der Waals surface area contributed by atoms with Gasteiger partial charge in [-0.2, -0.15) is 0 Å². The van der Waals surface area contributed by atoms with Crippen LogP contribution in [0.1, 0.15) is 16.7 Å². The summed E-state index contributed by atoms with van der Waals surface area (Å²) in [5.41, 5.74) is 2.94. The Hall–Kier alpha value is -2.64. The average molecular weight is 398 g/mol. The second-order valence-electron chi connectivity index (χ2n) is 5.95. The number of aryl methyl sites for hydroxylation is 1. The van der Waals surface area contributed by atoms with Crippen LogP contribution in [0.4, 0.5) is 0 Å². The highest BCUT2D eigenvalue weighted by molar-refractivity contribution is 8.26. The van der Waals surface area contributed by atoms with Crippen LogP contribution < -0.4 is 9.84 Å². The molecule has 0 atom stereocenters. The van der Waals surface area contributed by atoms with E-state index >= 15 is 0 Å². The highest BCUT2D eigenvalue weighted by atomic mass is 32.2. The van der Waals surface area contributed by atoms with E-state index in [2.05, 4.69) is 0 Å². The molecule has 5 nitrogen and oxygen atoms in total. The van der Waals surface area contributed by atoms with Gasteiger partial charge in [0.15, 0.2) is 0 Å². The molecule has 0 unspecified atom stereocenters. The number of ether oxygens (including phenoxy) is 1. The van der Waals surface area contributed by atoms with Crippen LogP contribution in [0.5, 0.6) is 5.75 Å². The van der Waals surface area contributed by atoms with Crippen LogP contribution in [0.25, 0.3) is 6.08 Å². The Balaban J connectivity index is 1.78. The van der Waals surface area contributed by atoms with Crippen molar-refractivity contribution in [1.29, 1.82) is 0 Å². The summed E-state index contributed by atoms with van der Waals surface area (Å²) in [4.78, 5) is 24.6. The predicted octanol–water partition coefficient (Wildman–Crippen LogP) is 2.53. The summed E-state index contributed by atoms with van der Waals surface area (Å²) in [5, 5.41) is 10.8. The van der Waals surface area contributed by atoms with Crippen LogP contribution in [0.15, 0.2) is 53.4 Å². The van der Waals surface area contributed by atoms with Crippen molar-refractivity contribution in [2.45, 2.75) is 13.5 Å². The number of carbonyl (C=O) groups is 2. The van der Waals surface area contributed by atoms with Crippen molar-refractivity contribution < 1.29 is 19.4 Å². The van der Waals surface area contributed by atoms with E-state index in [0.717, 1.165) is 27.8 Å². The number of aliphatic carboxylic acids is 1. The maximum atomic E-state index is 12.4. The quantitative estimate of drug-likeness (QED) is 0.550. The zero-order chi connectivity index (χ0) is 19.4. The van der Waals surface area contributed by atoms with Crippen LogP contribution >= 0.6 is 24.0 Å². The molecular weight excluding hydrogens is 382 g/mol. The van der Waals surface area contributed by atoms with Crippen molar-refractivity contribution in [2.75, 3.05) is 6.54 Å². The van der Waals surface area contributed by atoms with Gasteiger partial charge in [0, 0.05) is 5.56 Å². The second-order valence-corrected chi connectivity index (χ2v) is 7.63. The topological polar surface area (TPSA) is 69.7 Å². The Labute approximate surface area is 166 Å². The Morgan fingerprint density at radius 1 is 1.22 bits per heavy atom. The van der Waals surface area contributed by atoms with Crippen molar-refractivity contribution in [2.24, 2.45) is 0 Å². The van der Waals surface area contributed by atoms with E-state index in [4.69, 9.17) is 17.0 Å². The number of rotatable bonds is 6. The van der Waals surface area contributed by atoms with Gasteiger partial charge in [0.05, 0.1) is 17.4 Å². The van der Waals surface area contributed by atoms with E-state index in [1.807, 2.05) is 55.5 Å². The molecule has 0 aliphatic carbocycles. The maximum Gasteiger partial charge on any atom is 0.266 e. The molecule has 1 heterocycles. The van der Waals surface area contributed by atoms with Gasteiger partial charge in [-0.05, 0) is 24.6 Å². The third-order valence-electron chi connectivity index (χ3n) is 3.88. The largest absolute Gasteiger partial charge is 0.548 e. The highest BCUT2D eigenvalue weighted by Crippen LogP contribution is 2.34. The fourth-order valence-electron chi connectivity index (χ4n) is 2.48. The monoisotopic (exact) mass is 398 g/mol. The van der Waals surface area contributed by atoms with Crippen LogP contribution in [0, 0.1) is 6.92 Å². The SMILES string of the molecule is Cc1ccc(COc2ccccc2/C=C2\SC(=S)N(CC(=O)[O-])C2=O)cc1. The minimum Gasteiger partial charge on any atom is -0.548 e. The summed E-state index contributed by atoms with van der Waals surface area (Å²) in [6, 6.07) is 15.4. The van der Waals surface area contributed by atoms with Gasteiger partial charge >= 0.3 is 0 Å². The molecule has 1 aliphatic heterocycles. The molecule has 0 N–H and O–H groups in total. The summed E-state index contributed by atoms with van der Waals surface area (Å²) in [7, 11) is 0. The first-order chi connectivity index (χ1) is 12.9. The summed E-state index contributed by atoms with van der Waals surface area (Å²) in [6.07, 6.45) is 1.67. The summed E-state index contributed by atoms with van der Waals surface area (Å²) >= 11 is 6.16. The van der Waals surface area contributed by atoms with Crippen LogP contribution in [0.2, 0.25) is 0 Å². The Morgan fingerprint density at radius 2 is 1.93 bits per heavy atom. The number of hydrogen-bond acceptors (Lipinski definition) is 6. The average Bonchev–Trinajstić information content (AvgIpc) is 2.89. The minimum absolute atomic E-state index is 0.202. The van der Waals surface area contributed by atoms with Gasteiger partial charge in [-0.15, -0.1) is 0 Å². The molecule has 0 radical (unpaired) electrons. The second kappa shape index (κ2) is 8.37. The number of thioether (sulfide) groups is 1. The molecule has 1 fully saturated rings. The normalized spacial score (nSPS) is 15.4. The van der Waals surface area contributed by atoms with Gasteiger partial charge in [0.25, 0.3) is 5.91 Å². The Bertz CT molecular complexity index is 922. The van der Waals surface area contributed by atoms with E-state index in [1.165, 1.54) is 5.56 Å². The first-order valence-electron chi connectivity index (χ1n) is 8.16. The standard InChI is InChI=1S/C20H17NO4S2/c1-13-6-8-14(9-7-13)12-25-16-5-3-2-4-15(16)10-17-19(24)21(11-18(22)23)20(26)27-17/h2-10H,11-12H2,1H3,(H,22,23)/p-1/b17-10-. The zero-order valence-corrected chi connectivity index (χ0v) is 16.1. The van der Waals surface area contributed by atoms with Crippen molar-refractivity contribution in [3.8, 4) is 5.75 Å². The smallest absolute Gasteiger partial charge is 0.266 e. The number of nitrogens with zero attached hydrogens (tertiary/aromatic N) is 1. The molecular formula is C20H16NO4S2-. The summed E-state index contributed by atoms with van der Waals surface area (Å²) in [6.45, 7) is 1.88. The lowest BCUT2D eigenvalue weighted by Crippen LogP contribution is -2.40. The molecule has 1 amide bonds. The molecule has 27 heavy (non-hydrogen) atoms. The molecule has 2 aromatic carbocycles. The zero-order valence-electron chi connectivity index (χ0n) is 14.5. The van der Waals surface area contributed by atoms with E-state index < -0.39 is 18.4 Å². The van der Waals surface area contributed by atoms with Gasteiger partial charge in [0.2, 0.25) is 0 Å². The third-order valence-corrected chi connectivity index (χ3v) is 5.26. The fourth-order valence-corrected chi connectivity index (χ4v) is 3.73. The fraction of sp³-hybridized carbons (Fsp3) is 0.150. The molecule has 7 heteroatoms. The molecule has 138 valence electrons. The molecule has 3 rings (SSSR count). The maximum absolute atomic E-state index is 12.4. The van der Waals surface area contributed by atoms with Gasteiger partial charge in [-0.25, -0.2) is 0 Å². The lowest BCUT2D eigenvalue weighted by molar-refractivity contribution is -0.305. The van der Waals surface area contributed by atoms with Crippen LogP contribution in [0.3, 0.4) is 0 Å². The third kappa shape index (κ3) is 4.75. The summed E-state index contributed by atoms with van der Waals surface area (Å²) in [5.74, 6) is -1.17. The van der Waals surface area contributed by atoms with Crippen molar-refractivity contribution in [3.63, 3.8) is 0 Å². The summed E-state index contributed by atoms with van der Waals surface area (Å²) < 4.78 is 6.11. The van der Waals surface area contributed by atoms with Crippen LogP contribution in [-0.2, 0) is 16.2 Å². The number of carboxylic acids is 1. The molecule has 1 aliphatic rings. The van der Waals surface area contributed by atoms with Gasteiger partial charge < -0.3 is 14.6 Å². The molecule has 0 aromatic heterocycles. The number of carboxylic acid groups (broad SMARTS) is 1. The molecule has 0 bridgehead atoms. The lowest BCUT2D eigenvalue weighted by atomic mass is 10.1. The number of carbonyl (C=O) groups excluding carboxylic acids is 2. The van der Waals surface area contributed by atoms with Gasteiger partial charge in [0.1, 0.15) is 16.7 Å². The number of para-hydroxylation sites is 1. The van der Waals surface area contributed by atoms with E-state index in [-0.39, 0.29) is 4.32 Å². The molecule has 1 saturated heterocycles.